The first-order valence-corrected chi connectivity index (χ1v) is 8.71. The lowest BCUT2D eigenvalue weighted by Gasteiger charge is -2.37. The van der Waals surface area contributed by atoms with E-state index in [1.807, 2.05) is 13.8 Å². The van der Waals surface area contributed by atoms with Crippen LogP contribution in [0.2, 0.25) is 0 Å². The Balaban J connectivity index is 1.65. The first-order chi connectivity index (χ1) is 10.4. The van der Waals surface area contributed by atoms with E-state index in [0.717, 1.165) is 25.7 Å². The van der Waals surface area contributed by atoms with E-state index in [2.05, 4.69) is 13.8 Å². The SMILES string of the molecule is CCOC(O)C1CC1CC[C@@H](C)O[C@@H]1O[C@@H](C)[C@H](O)C[C@H]1C. The smallest absolute Gasteiger partial charge is 0.161 e. The van der Waals surface area contributed by atoms with Crippen molar-refractivity contribution in [3.63, 3.8) is 0 Å². The molecule has 0 spiro atoms. The summed E-state index contributed by atoms with van der Waals surface area (Å²) in [5.74, 6) is 1.06. The van der Waals surface area contributed by atoms with Gasteiger partial charge in [-0.1, -0.05) is 6.92 Å². The summed E-state index contributed by atoms with van der Waals surface area (Å²) in [7, 11) is 0. The Labute approximate surface area is 133 Å². The second-order valence-electron chi connectivity index (χ2n) is 7.02. The van der Waals surface area contributed by atoms with E-state index >= 15 is 0 Å². The van der Waals surface area contributed by atoms with E-state index in [4.69, 9.17) is 14.2 Å². The molecule has 5 heteroatoms. The third-order valence-electron chi connectivity index (χ3n) is 4.96. The minimum absolute atomic E-state index is 0.125. The molecule has 2 aliphatic rings. The van der Waals surface area contributed by atoms with Crippen molar-refractivity contribution >= 4 is 0 Å². The molecule has 1 aliphatic carbocycles. The molecule has 3 unspecified atom stereocenters. The third-order valence-corrected chi connectivity index (χ3v) is 4.96. The molecule has 0 bridgehead atoms. The Bertz CT molecular complexity index is 337. The van der Waals surface area contributed by atoms with Crippen LogP contribution >= 0.6 is 0 Å². The molecular formula is C17H32O5. The van der Waals surface area contributed by atoms with Gasteiger partial charge in [0.2, 0.25) is 0 Å². The highest BCUT2D eigenvalue weighted by atomic mass is 16.7. The lowest BCUT2D eigenvalue weighted by Crippen LogP contribution is -2.44. The molecule has 22 heavy (non-hydrogen) atoms. The van der Waals surface area contributed by atoms with Gasteiger partial charge in [-0.15, -0.1) is 0 Å². The Hall–Kier alpha value is -0.200. The minimum Gasteiger partial charge on any atom is -0.390 e. The van der Waals surface area contributed by atoms with Crippen LogP contribution in [0.4, 0.5) is 0 Å². The van der Waals surface area contributed by atoms with E-state index in [1.54, 1.807) is 0 Å². The zero-order valence-corrected chi connectivity index (χ0v) is 14.3. The molecule has 1 saturated carbocycles. The fourth-order valence-electron chi connectivity index (χ4n) is 3.28. The van der Waals surface area contributed by atoms with Crippen molar-refractivity contribution in [2.45, 2.75) is 84.3 Å². The van der Waals surface area contributed by atoms with Crippen LogP contribution in [0.1, 0.15) is 53.4 Å². The van der Waals surface area contributed by atoms with Gasteiger partial charge in [-0.25, -0.2) is 0 Å². The normalized spacial score (nSPS) is 41.2. The highest BCUT2D eigenvalue weighted by Gasteiger charge is 2.42. The summed E-state index contributed by atoms with van der Waals surface area (Å²) in [5, 5.41) is 19.6. The molecule has 2 rings (SSSR count). The molecule has 0 radical (unpaired) electrons. The van der Waals surface area contributed by atoms with Gasteiger partial charge in [0, 0.05) is 18.4 Å². The standard InChI is InChI=1S/C17H32O5/c1-5-20-16(19)14-9-13(14)7-6-11(3)21-17-10(2)8-15(18)12(4)22-17/h10-19H,5-9H2,1-4H3/t10-,11-,12+,13?,14?,15-,16?,17-/m1/s1. The van der Waals surface area contributed by atoms with E-state index in [9.17, 15) is 10.2 Å². The molecule has 2 fully saturated rings. The molecule has 130 valence electrons. The van der Waals surface area contributed by atoms with E-state index < -0.39 is 12.4 Å². The highest BCUT2D eigenvalue weighted by Crippen LogP contribution is 2.45. The zero-order chi connectivity index (χ0) is 16.3. The predicted octanol–water partition coefficient (Wildman–Crippen LogP) is 2.29. The molecule has 2 N–H and O–H groups in total. The Kier molecular flexibility index (Phi) is 6.65. The zero-order valence-electron chi connectivity index (χ0n) is 14.3. The maximum atomic E-state index is 9.79. The van der Waals surface area contributed by atoms with Crippen molar-refractivity contribution in [3.8, 4) is 0 Å². The number of ether oxygens (including phenoxy) is 3. The van der Waals surface area contributed by atoms with Gasteiger partial charge >= 0.3 is 0 Å². The molecular weight excluding hydrogens is 284 g/mol. The molecule has 0 aromatic rings. The van der Waals surface area contributed by atoms with Gasteiger partial charge in [-0.2, -0.15) is 0 Å². The number of hydrogen-bond acceptors (Lipinski definition) is 5. The van der Waals surface area contributed by atoms with Crippen LogP contribution in [0.5, 0.6) is 0 Å². The number of aliphatic hydroxyl groups excluding tert-OH is 2. The van der Waals surface area contributed by atoms with Crippen molar-refractivity contribution < 1.29 is 24.4 Å². The fourth-order valence-corrected chi connectivity index (χ4v) is 3.28. The Morgan fingerprint density at radius 3 is 2.68 bits per heavy atom. The number of hydrogen-bond donors (Lipinski definition) is 2. The van der Waals surface area contributed by atoms with Crippen LogP contribution in [-0.2, 0) is 14.2 Å². The first kappa shape index (κ1) is 18.1. The molecule has 0 aromatic carbocycles. The quantitative estimate of drug-likeness (QED) is 0.673. The third kappa shape index (κ3) is 4.90. The maximum Gasteiger partial charge on any atom is 0.161 e. The molecule has 0 amide bonds. The van der Waals surface area contributed by atoms with Crippen molar-refractivity contribution in [1.82, 2.24) is 0 Å². The van der Waals surface area contributed by atoms with Crippen molar-refractivity contribution in [2.75, 3.05) is 6.61 Å². The average Bonchev–Trinajstić information content (AvgIpc) is 3.22. The summed E-state index contributed by atoms with van der Waals surface area (Å²) in [6, 6.07) is 0. The van der Waals surface area contributed by atoms with Crippen LogP contribution in [-0.4, -0.2) is 47.7 Å². The fraction of sp³-hybridized carbons (Fsp3) is 1.00. The number of rotatable bonds is 8. The largest absolute Gasteiger partial charge is 0.390 e. The van der Waals surface area contributed by atoms with E-state index in [1.165, 1.54) is 0 Å². The summed E-state index contributed by atoms with van der Waals surface area (Å²) in [4.78, 5) is 0. The van der Waals surface area contributed by atoms with Gasteiger partial charge in [-0.3, -0.25) is 0 Å². The summed E-state index contributed by atoms with van der Waals surface area (Å²) < 4.78 is 17.0. The summed E-state index contributed by atoms with van der Waals surface area (Å²) in [5.41, 5.74) is 0. The molecule has 1 aliphatic heterocycles. The van der Waals surface area contributed by atoms with Crippen LogP contribution in [0, 0.1) is 17.8 Å². The van der Waals surface area contributed by atoms with Crippen molar-refractivity contribution in [2.24, 2.45) is 17.8 Å². The summed E-state index contributed by atoms with van der Waals surface area (Å²) >= 11 is 0. The lowest BCUT2D eigenvalue weighted by molar-refractivity contribution is -0.255. The van der Waals surface area contributed by atoms with Crippen molar-refractivity contribution in [1.29, 1.82) is 0 Å². The summed E-state index contributed by atoms with van der Waals surface area (Å²) in [6.45, 7) is 8.48. The van der Waals surface area contributed by atoms with Gasteiger partial charge in [0.05, 0.1) is 18.3 Å². The van der Waals surface area contributed by atoms with Crippen LogP contribution in [0.15, 0.2) is 0 Å². The van der Waals surface area contributed by atoms with Gasteiger partial charge in [-0.05, 0) is 52.4 Å². The van der Waals surface area contributed by atoms with Gasteiger partial charge in [0.1, 0.15) is 0 Å². The Morgan fingerprint density at radius 2 is 2.00 bits per heavy atom. The number of aliphatic hydroxyl groups is 2. The van der Waals surface area contributed by atoms with E-state index in [0.29, 0.717) is 18.4 Å². The summed E-state index contributed by atoms with van der Waals surface area (Å²) in [6.07, 6.45) is 2.53. The van der Waals surface area contributed by atoms with Gasteiger partial charge < -0.3 is 24.4 Å². The Morgan fingerprint density at radius 1 is 1.27 bits per heavy atom. The predicted molar refractivity (Wildman–Crippen MR) is 83.1 cm³/mol. The minimum atomic E-state index is -0.602. The average molecular weight is 316 g/mol. The van der Waals surface area contributed by atoms with E-state index in [-0.39, 0.29) is 24.4 Å². The molecule has 1 heterocycles. The second kappa shape index (κ2) is 8.06. The molecule has 5 nitrogen and oxygen atoms in total. The topological polar surface area (TPSA) is 68.2 Å². The second-order valence-corrected chi connectivity index (χ2v) is 7.02. The van der Waals surface area contributed by atoms with Gasteiger partial charge in [0.15, 0.2) is 12.6 Å². The monoisotopic (exact) mass is 316 g/mol. The van der Waals surface area contributed by atoms with Crippen LogP contribution < -0.4 is 0 Å². The molecule has 1 saturated heterocycles. The highest BCUT2D eigenvalue weighted by molar-refractivity contribution is 4.88. The van der Waals surface area contributed by atoms with Crippen molar-refractivity contribution in [3.05, 3.63) is 0 Å². The molecule has 8 atom stereocenters. The maximum absolute atomic E-state index is 9.79. The molecule has 0 aromatic heterocycles. The first-order valence-electron chi connectivity index (χ1n) is 8.71. The van der Waals surface area contributed by atoms with Gasteiger partial charge in [0.25, 0.3) is 0 Å². The van der Waals surface area contributed by atoms with Crippen LogP contribution in [0.25, 0.3) is 0 Å². The lowest BCUT2D eigenvalue weighted by atomic mass is 9.96. The van der Waals surface area contributed by atoms with Crippen LogP contribution in [0.3, 0.4) is 0 Å².